The third-order valence-corrected chi connectivity index (χ3v) is 3.90. The lowest BCUT2D eigenvalue weighted by Crippen LogP contribution is -2.31. The number of anilines is 1. The number of nitrogens with zero attached hydrogens (tertiary/aromatic N) is 1. The van der Waals surface area contributed by atoms with Crippen LogP contribution in [0, 0.1) is 0 Å². The highest BCUT2D eigenvalue weighted by Crippen LogP contribution is 2.39. The Morgan fingerprint density at radius 3 is 2.30 bits per heavy atom. The number of piperidine rings is 1. The SMILES string of the molecule is O=C(O)c1cc(C(F)(F)F)cc(Br)c1N1CCCCC1. The molecule has 1 fully saturated rings. The van der Waals surface area contributed by atoms with E-state index in [1.807, 2.05) is 4.90 Å². The van der Waals surface area contributed by atoms with Gasteiger partial charge in [0.25, 0.3) is 0 Å². The van der Waals surface area contributed by atoms with Crippen LogP contribution < -0.4 is 4.90 Å². The summed E-state index contributed by atoms with van der Waals surface area (Å²) < 4.78 is 38.4. The van der Waals surface area contributed by atoms with Gasteiger partial charge in [0.05, 0.1) is 16.8 Å². The number of rotatable bonds is 2. The van der Waals surface area contributed by atoms with Crippen molar-refractivity contribution in [1.82, 2.24) is 0 Å². The average Bonchev–Trinajstić information content (AvgIpc) is 2.37. The minimum atomic E-state index is -4.56. The lowest BCUT2D eigenvalue weighted by molar-refractivity contribution is -0.137. The molecule has 0 radical (unpaired) electrons. The summed E-state index contributed by atoms with van der Waals surface area (Å²) in [5.74, 6) is -1.35. The minimum Gasteiger partial charge on any atom is -0.478 e. The summed E-state index contributed by atoms with van der Waals surface area (Å²) in [6, 6.07) is 1.65. The van der Waals surface area contributed by atoms with E-state index in [0.717, 1.165) is 25.3 Å². The number of carboxylic acids is 1. The first-order valence-electron chi connectivity index (χ1n) is 6.19. The molecule has 0 unspecified atom stereocenters. The minimum absolute atomic E-state index is 0.173. The molecule has 0 aromatic heterocycles. The Hall–Kier alpha value is -1.24. The number of alkyl halides is 3. The van der Waals surface area contributed by atoms with E-state index in [9.17, 15) is 23.1 Å². The van der Waals surface area contributed by atoms with Gasteiger partial charge in [0.2, 0.25) is 0 Å². The summed E-state index contributed by atoms with van der Waals surface area (Å²) in [4.78, 5) is 13.1. The van der Waals surface area contributed by atoms with Crippen LogP contribution in [-0.4, -0.2) is 24.2 Å². The fourth-order valence-corrected chi connectivity index (χ4v) is 3.08. The second kappa shape index (κ2) is 5.63. The molecule has 2 rings (SSSR count). The zero-order chi connectivity index (χ0) is 14.9. The van der Waals surface area contributed by atoms with Gasteiger partial charge in [-0.25, -0.2) is 4.79 Å². The van der Waals surface area contributed by atoms with E-state index in [1.165, 1.54) is 0 Å². The van der Waals surface area contributed by atoms with E-state index >= 15 is 0 Å². The van der Waals surface area contributed by atoms with Gasteiger partial charge < -0.3 is 10.0 Å². The molecule has 1 aromatic rings. The summed E-state index contributed by atoms with van der Waals surface area (Å²) in [7, 11) is 0. The summed E-state index contributed by atoms with van der Waals surface area (Å²) in [6.07, 6.45) is -1.69. The number of aromatic carboxylic acids is 1. The predicted octanol–water partition coefficient (Wildman–Crippen LogP) is 4.16. The molecule has 0 atom stereocenters. The van der Waals surface area contributed by atoms with Crippen molar-refractivity contribution >= 4 is 27.6 Å². The molecule has 20 heavy (non-hydrogen) atoms. The van der Waals surface area contributed by atoms with Crippen LogP contribution in [0.4, 0.5) is 18.9 Å². The highest BCUT2D eigenvalue weighted by Gasteiger charge is 2.34. The fraction of sp³-hybridized carbons (Fsp3) is 0.462. The first-order chi connectivity index (χ1) is 9.30. The van der Waals surface area contributed by atoms with Crippen LogP contribution in [0.5, 0.6) is 0 Å². The summed E-state index contributed by atoms with van der Waals surface area (Å²) in [6.45, 7) is 1.31. The quantitative estimate of drug-likeness (QED) is 0.869. The van der Waals surface area contributed by atoms with Gasteiger partial charge in [0.15, 0.2) is 0 Å². The molecule has 1 N–H and O–H groups in total. The molecule has 1 aromatic carbocycles. The molecule has 3 nitrogen and oxygen atoms in total. The zero-order valence-corrected chi connectivity index (χ0v) is 12.1. The molecular formula is C13H13BrF3NO2. The molecule has 7 heteroatoms. The smallest absolute Gasteiger partial charge is 0.416 e. The first-order valence-corrected chi connectivity index (χ1v) is 6.99. The van der Waals surface area contributed by atoms with Crippen molar-refractivity contribution in [3.8, 4) is 0 Å². The van der Waals surface area contributed by atoms with Gasteiger partial charge in [-0.2, -0.15) is 13.2 Å². The topological polar surface area (TPSA) is 40.5 Å². The normalized spacial score (nSPS) is 16.3. The molecule has 0 aliphatic carbocycles. The van der Waals surface area contributed by atoms with Crippen LogP contribution >= 0.6 is 15.9 Å². The second-order valence-corrected chi connectivity index (χ2v) is 5.56. The Bertz CT molecular complexity index is 525. The lowest BCUT2D eigenvalue weighted by Gasteiger charge is -2.31. The number of benzene rings is 1. The van der Waals surface area contributed by atoms with Crippen LogP contribution in [0.15, 0.2) is 16.6 Å². The standard InChI is InChI=1S/C13H13BrF3NO2/c14-10-7-8(13(15,16)17)6-9(12(19)20)11(10)18-4-2-1-3-5-18/h6-7H,1-5H2,(H,19,20). The Balaban J connectivity index is 2.53. The number of hydrogen-bond donors (Lipinski definition) is 1. The van der Waals surface area contributed by atoms with Crippen LogP contribution in [0.2, 0.25) is 0 Å². The van der Waals surface area contributed by atoms with Gasteiger partial charge in [0, 0.05) is 17.6 Å². The number of carboxylic acid groups (broad SMARTS) is 1. The molecular weight excluding hydrogens is 339 g/mol. The van der Waals surface area contributed by atoms with Crippen molar-refractivity contribution in [2.45, 2.75) is 25.4 Å². The zero-order valence-electron chi connectivity index (χ0n) is 10.5. The Morgan fingerprint density at radius 2 is 1.80 bits per heavy atom. The maximum atomic E-state index is 12.8. The average molecular weight is 352 g/mol. The third-order valence-electron chi connectivity index (χ3n) is 3.29. The van der Waals surface area contributed by atoms with E-state index in [1.54, 1.807) is 0 Å². The van der Waals surface area contributed by atoms with Crippen molar-refractivity contribution in [1.29, 1.82) is 0 Å². The van der Waals surface area contributed by atoms with Crippen molar-refractivity contribution in [2.75, 3.05) is 18.0 Å². The van der Waals surface area contributed by atoms with E-state index < -0.39 is 17.7 Å². The van der Waals surface area contributed by atoms with Gasteiger partial charge in [0.1, 0.15) is 0 Å². The number of hydrogen-bond acceptors (Lipinski definition) is 2. The molecule has 1 aliphatic heterocycles. The molecule has 1 aliphatic rings. The van der Waals surface area contributed by atoms with Crippen LogP contribution in [0.3, 0.4) is 0 Å². The first kappa shape index (κ1) is 15.2. The Labute approximate surface area is 122 Å². The molecule has 1 heterocycles. The summed E-state index contributed by atoms with van der Waals surface area (Å²) in [5.41, 5.74) is -0.929. The predicted molar refractivity (Wildman–Crippen MR) is 72.2 cm³/mol. The van der Waals surface area contributed by atoms with E-state index in [4.69, 9.17) is 0 Å². The Morgan fingerprint density at radius 1 is 1.20 bits per heavy atom. The van der Waals surface area contributed by atoms with Gasteiger partial charge in [-0.15, -0.1) is 0 Å². The molecule has 0 saturated carbocycles. The van der Waals surface area contributed by atoms with Crippen molar-refractivity contribution in [3.05, 3.63) is 27.7 Å². The highest BCUT2D eigenvalue weighted by atomic mass is 79.9. The largest absolute Gasteiger partial charge is 0.478 e. The molecule has 0 bridgehead atoms. The molecule has 110 valence electrons. The van der Waals surface area contributed by atoms with E-state index in [-0.39, 0.29) is 10.0 Å². The summed E-state index contributed by atoms with van der Waals surface area (Å²) >= 11 is 3.09. The van der Waals surface area contributed by atoms with Crippen LogP contribution in [-0.2, 0) is 6.18 Å². The molecule has 1 saturated heterocycles. The van der Waals surface area contributed by atoms with Crippen LogP contribution in [0.25, 0.3) is 0 Å². The van der Waals surface area contributed by atoms with Crippen molar-refractivity contribution in [3.63, 3.8) is 0 Å². The fourth-order valence-electron chi connectivity index (χ4n) is 2.36. The van der Waals surface area contributed by atoms with Crippen molar-refractivity contribution < 1.29 is 23.1 Å². The third kappa shape index (κ3) is 3.08. The van der Waals surface area contributed by atoms with E-state index in [0.29, 0.717) is 24.8 Å². The lowest BCUT2D eigenvalue weighted by atomic mass is 10.0. The van der Waals surface area contributed by atoms with Gasteiger partial charge in [-0.05, 0) is 47.3 Å². The van der Waals surface area contributed by atoms with E-state index in [2.05, 4.69) is 15.9 Å². The molecule has 0 spiro atoms. The van der Waals surface area contributed by atoms with Crippen molar-refractivity contribution in [2.24, 2.45) is 0 Å². The second-order valence-electron chi connectivity index (χ2n) is 4.70. The van der Waals surface area contributed by atoms with Gasteiger partial charge in [-0.1, -0.05) is 0 Å². The maximum Gasteiger partial charge on any atom is 0.416 e. The summed E-state index contributed by atoms with van der Waals surface area (Å²) in [5, 5.41) is 9.20. The Kier molecular flexibility index (Phi) is 4.27. The number of halogens is 4. The van der Waals surface area contributed by atoms with Gasteiger partial charge >= 0.3 is 12.1 Å². The van der Waals surface area contributed by atoms with Gasteiger partial charge in [-0.3, -0.25) is 0 Å². The number of carbonyl (C=O) groups is 1. The monoisotopic (exact) mass is 351 g/mol. The molecule has 0 amide bonds. The highest BCUT2D eigenvalue weighted by molar-refractivity contribution is 9.10. The van der Waals surface area contributed by atoms with Crippen LogP contribution in [0.1, 0.15) is 35.2 Å². The maximum absolute atomic E-state index is 12.8.